The van der Waals surface area contributed by atoms with Crippen molar-refractivity contribution in [2.24, 2.45) is 0 Å². The number of nitrogens with one attached hydrogen (secondary N) is 1. The molecule has 0 bridgehead atoms. The van der Waals surface area contributed by atoms with Gasteiger partial charge in [-0.05, 0) is 12.1 Å². The molecule has 94 valence electrons. The highest BCUT2D eigenvalue weighted by Gasteiger charge is 2.20. The lowest BCUT2D eigenvalue weighted by Crippen LogP contribution is -2.30. The summed E-state index contributed by atoms with van der Waals surface area (Å²) in [5.41, 5.74) is 0. The van der Waals surface area contributed by atoms with Gasteiger partial charge in [-0.15, -0.1) is 0 Å². The van der Waals surface area contributed by atoms with Crippen molar-refractivity contribution in [2.45, 2.75) is 11.8 Å². The Labute approximate surface area is 104 Å². The Balaban J connectivity index is 2.22. The maximum absolute atomic E-state index is 11.8. The lowest BCUT2D eigenvalue weighted by Gasteiger charge is -2.04. The largest absolute Gasteiger partial charge is 0.436 e. The monoisotopic (exact) mass is 266 g/mol. The normalized spacial score (nSPS) is 11.2. The lowest BCUT2D eigenvalue weighted by atomic mass is 10.4. The molecule has 6 nitrogen and oxygen atoms in total. The molecule has 1 aromatic heterocycles. The zero-order valence-corrected chi connectivity index (χ0v) is 10.3. The number of aromatic nitrogens is 1. The Bertz CT molecular complexity index is 661. The molecular weight excluding hydrogens is 256 g/mol. The molecular formula is C11H10N2O4S. The third-order valence-corrected chi connectivity index (χ3v) is 3.47. The Morgan fingerprint density at radius 3 is 2.50 bits per heavy atom. The first kappa shape index (κ1) is 12.3. The van der Waals surface area contributed by atoms with E-state index in [4.69, 9.17) is 4.42 Å². The minimum Gasteiger partial charge on any atom is -0.436 e. The zero-order chi connectivity index (χ0) is 13.2. The predicted molar refractivity (Wildman–Crippen MR) is 62.3 cm³/mol. The van der Waals surface area contributed by atoms with Crippen molar-refractivity contribution in [1.82, 2.24) is 9.71 Å². The Morgan fingerprint density at radius 2 is 1.94 bits per heavy atom. The van der Waals surface area contributed by atoms with Gasteiger partial charge >= 0.3 is 5.91 Å². The fourth-order valence-corrected chi connectivity index (χ4v) is 2.28. The van der Waals surface area contributed by atoms with Crippen LogP contribution in [-0.2, 0) is 10.0 Å². The summed E-state index contributed by atoms with van der Waals surface area (Å²) in [6.07, 6.45) is 1.17. The van der Waals surface area contributed by atoms with Crippen LogP contribution < -0.4 is 4.72 Å². The molecule has 0 aliphatic carbocycles. The molecule has 18 heavy (non-hydrogen) atoms. The first-order chi connectivity index (χ1) is 8.49. The number of oxazole rings is 1. The average molecular weight is 266 g/mol. The maximum atomic E-state index is 11.8. The van der Waals surface area contributed by atoms with Crippen LogP contribution in [0.2, 0.25) is 0 Å². The molecule has 0 saturated carbocycles. The smallest absolute Gasteiger partial charge is 0.302 e. The van der Waals surface area contributed by atoms with Crippen LogP contribution in [-0.4, -0.2) is 19.3 Å². The molecule has 0 fully saturated rings. The van der Waals surface area contributed by atoms with Crippen molar-refractivity contribution in [2.75, 3.05) is 0 Å². The van der Waals surface area contributed by atoms with Gasteiger partial charge in [0.05, 0.1) is 11.1 Å². The zero-order valence-electron chi connectivity index (χ0n) is 9.45. The fourth-order valence-electron chi connectivity index (χ4n) is 1.30. The molecule has 0 aliphatic heterocycles. The van der Waals surface area contributed by atoms with Crippen LogP contribution in [0.25, 0.3) is 0 Å². The van der Waals surface area contributed by atoms with Crippen LogP contribution >= 0.6 is 0 Å². The second-order valence-corrected chi connectivity index (χ2v) is 5.17. The van der Waals surface area contributed by atoms with Crippen LogP contribution in [0.5, 0.6) is 0 Å². The number of benzene rings is 1. The first-order valence-electron chi connectivity index (χ1n) is 5.04. The fraction of sp³-hybridized carbons (Fsp3) is 0.0909. The number of carbonyl (C=O) groups is 1. The molecule has 0 radical (unpaired) electrons. The van der Waals surface area contributed by atoms with Gasteiger partial charge in [0.25, 0.3) is 10.0 Å². The van der Waals surface area contributed by atoms with Crippen molar-refractivity contribution in [1.29, 1.82) is 0 Å². The number of hydrogen-bond acceptors (Lipinski definition) is 5. The van der Waals surface area contributed by atoms with Gasteiger partial charge in [-0.25, -0.2) is 18.1 Å². The molecule has 1 heterocycles. The molecule has 1 N–H and O–H groups in total. The van der Waals surface area contributed by atoms with Crippen molar-refractivity contribution in [3.05, 3.63) is 48.2 Å². The number of carbonyl (C=O) groups excluding carboxylic acids is 1. The van der Waals surface area contributed by atoms with E-state index in [1.54, 1.807) is 25.1 Å². The minimum absolute atomic E-state index is 0.00888. The van der Waals surface area contributed by atoms with E-state index in [9.17, 15) is 13.2 Å². The summed E-state index contributed by atoms with van der Waals surface area (Å²) >= 11 is 0. The molecule has 0 saturated heterocycles. The van der Waals surface area contributed by atoms with Gasteiger partial charge in [-0.1, -0.05) is 18.2 Å². The molecule has 2 aromatic rings. The van der Waals surface area contributed by atoms with Gasteiger partial charge in [0.1, 0.15) is 0 Å². The number of sulfonamides is 1. The van der Waals surface area contributed by atoms with E-state index in [0.29, 0.717) is 0 Å². The van der Waals surface area contributed by atoms with Gasteiger partial charge in [-0.3, -0.25) is 4.79 Å². The van der Waals surface area contributed by atoms with Crippen LogP contribution in [0, 0.1) is 6.92 Å². The quantitative estimate of drug-likeness (QED) is 0.898. The summed E-state index contributed by atoms with van der Waals surface area (Å²) in [6, 6.07) is 7.60. The third-order valence-electron chi connectivity index (χ3n) is 2.13. The van der Waals surface area contributed by atoms with Gasteiger partial charge in [0.15, 0.2) is 5.89 Å². The molecule has 0 atom stereocenters. The van der Waals surface area contributed by atoms with Gasteiger partial charge in [0, 0.05) is 6.92 Å². The number of nitrogens with zero attached hydrogens (tertiary/aromatic N) is 1. The SMILES string of the molecule is Cc1ncc(C(=O)NS(=O)(=O)c2ccccc2)o1. The van der Waals surface area contributed by atoms with E-state index in [0.717, 1.165) is 0 Å². The number of amides is 1. The molecule has 0 spiro atoms. The predicted octanol–water partition coefficient (Wildman–Crippen LogP) is 1.10. The van der Waals surface area contributed by atoms with E-state index in [2.05, 4.69) is 4.98 Å². The van der Waals surface area contributed by atoms with Gasteiger partial charge in [0.2, 0.25) is 5.76 Å². The molecule has 7 heteroatoms. The highest BCUT2D eigenvalue weighted by atomic mass is 32.2. The summed E-state index contributed by atoms with van der Waals surface area (Å²) in [7, 11) is -3.89. The Morgan fingerprint density at radius 1 is 1.28 bits per heavy atom. The molecule has 0 unspecified atom stereocenters. The summed E-state index contributed by atoms with van der Waals surface area (Å²) in [6.45, 7) is 1.56. The standard InChI is InChI=1S/C11H10N2O4S/c1-8-12-7-10(17-8)11(14)13-18(15,16)9-5-3-2-4-6-9/h2-7H,1H3,(H,13,14). The summed E-state index contributed by atoms with van der Waals surface area (Å²) < 4.78 is 30.5. The minimum atomic E-state index is -3.89. The molecule has 1 amide bonds. The molecule has 2 rings (SSSR count). The van der Waals surface area contributed by atoms with E-state index in [1.165, 1.54) is 18.3 Å². The second kappa shape index (κ2) is 4.61. The van der Waals surface area contributed by atoms with Gasteiger partial charge in [-0.2, -0.15) is 0 Å². The Hall–Kier alpha value is -2.15. The van der Waals surface area contributed by atoms with E-state index in [1.807, 2.05) is 4.72 Å². The number of rotatable bonds is 3. The summed E-state index contributed by atoms with van der Waals surface area (Å²) in [5.74, 6) is -0.705. The number of hydrogen-bond donors (Lipinski definition) is 1. The van der Waals surface area contributed by atoms with Crippen molar-refractivity contribution in [3.63, 3.8) is 0 Å². The van der Waals surface area contributed by atoms with E-state index >= 15 is 0 Å². The van der Waals surface area contributed by atoms with Crippen molar-refractivity contribution < 1.29 is 17.6 Å². The van der Waals surface area contributed by atoms with Crippen molar-refractivity contribution >= 4 is 15.9 Å². The van der Waals surface area contributed by atoms with E-state index in [-0.39, 0.29) is 16.5 Å². The van der Waals surface area contributed by atoms with Crippen molar-refractivity contribution in [3.8, 4) is 0 Å². The van der Waals surface area contributed by atoms with Crippen LogP contribution in [0.3, 0.4) is 0 Å². The maximum Gasteiger partial charge on any atom is 0.302 e. The average Bonchev–Trinajstić information content (AvgIpc) is 2.77. The topological polar surface area (TPSA) is 89.3 Å². The first-order valence-corrected chi connectivity index (χ1v) is 6.52. The van der Waals surface area contributed by atoms with Crippen LogP contribution in [0.1, 0.15) is 16.4 Å². The highest BCUT2D eigenvalue weighted by molar-refractivity contribution is 7.90. The van der Waals surface area contributed by atoms with Gasteiger partial charge < -0.3 is 4.42 Å². The highest BCUT2D eigenvalue weighted by Crippen LogP contribution is 2.09. The van der Waals surface area contributed by atoms with E-state index < -0.39 is 15.9 Å². The third kappa shape index (κ3) is 2.57. The lowest BCUT2D eigenvalue weighted by molar-refractivity contribution is 0.0953. The number of aryl methyl sites for hydroxylation is 1. The summed E-state index contributed by atoms with van der Waals surface area (Å²) in [5, 5.41) is 0. The second-order valence-electron chi connectivity index (χ2n) is 3.49. The van der Waals surface area contributed by atoms with Crippen LogP contribution in [0.15, 0.2) is 45.8 Å². The summed E-state index contributed by atoms with van der Waals surface area (Å²) in [4.78, 5) is 15.3. The Kier molecular flexibility index (Phi) is 3.15. The molecule has 0 aliphatic rings. The molecule has 1 aromatic carbocycles. The van der Waals surface area contributed by atoms with Crippen LogP contribution in [0.4, 0.5) is 0 Å².